The third-order valence-corrected chi connectivity index (χ3v) is 3.62. The summed E-state index contributed by atoms with van der Waals surface area (Å²) < 4.78 is 0. The minimum atomic E-state index is -0.964. The number of carbonyl (C=O) groups excluding carboxylic acids is 1. The average Bonchev–Trinajstić information content (AvgIpc) is 2.67. The molecular weight excluding hydrogens is 318 g/mol. The minimum Gasteiger partial charge on any atom is -0.478 e. The number of nitrogens with zero attached hydrogens (tertiary/aromatic N) is 2. The number of hydrogen-bond acceptors (Lipinski definition) is 4. The maximum atomic E-state index is 12.0. The molecule has 3 aromatic rings. The first-order valence-corrected chi connectivity index (χ1v) is 7.60. The Bertz CT molecular complexity index is 911. The van der Waals surface area contributed by atoms with E-state index < -0.39 is 5.97 Å². The maximum absolute atomic E-state index is 12.0. The van der Waals surface area contributed by atoms with Crippen LogP contribution < -0.4 is 5.32 Å². The molecule has 25 heavy (non-hydrogen) atoms. The number of aromatic carboxylic acids is 1. The molecule has 0 aliphatic rings. The Morgan fingerprint density at radius 1 is 1.00 bits per heavy atom. The lowest BCUT2D eigenvalue weighted by Gasteiger charge is -2.08. The molecule has 6 nitrogen and oxygen atoms in total. The summed E-state index contributed by atoms with van der Waals surface area (Å²) in [4.78, 5) is 30.9. The van der Waals surface area contributed by atoms with E-state index in [1.54, 1.807) is 18.2 Å². The van der Waals surface area contributed by atoms with Crippen LogP contribution in [-0.4, -0.2) is 27.0 Å². The molecule has 0 fully saturated rings. The zero-order valence-electron chi connectivity index (χ0n) is 13.2. The minimum absolute atomic E-state index is 0.235. The fourth-order valence-electron chi connectivity index (χ4n) is 2.38. The number of carboxylic acid groups (broad SMARTS) is 1. The highest BCUT2D eigenvalue weighted by atomic mass is 16.4. The number of nitrogens with one attached hydrogen (secondary N) is 1. The fourth-order valence-corrected chi connectivity index (χ4v) is 2.38. The monoisotopic (exact) mass is 333 g/mol. The van der Waals surface area contributed by atoms with Crippen molar-refractivity contribution in [3.05, 3.63) is 83.9 Å². The SMILES string of the molecule is O=C(O)c1cccc(-c2cccc(CNC(=O)c3cnccn3)c2)c1. The van der Waals surface area contributed by atoms with Gasteiger partial charge in [-0.25, -0.2) is 9.78 Å². The molecule has 124 valence electrons. The average molecular weight is 333 g/mol. The third kappa shape index (κ3) is 4.06. The summed E-state index contributed by atoms with van der Waals surface area (Å²) in [6.07, 6.45) is 4.37. The molecule has 1 heterocycles. The molecule has 0 atom stereocenters. The van der Waals surface area contributed by atoms with Crippen molar-refractivity contribution in [3.8, 4) is 11.1 Å². The Kier molecular flexibility index (Phi) is 4.80. The highest BCUT2D eigenvalue weighted by Gasteiger charge is 2.08. The van der Waals surface area contributed by atoms with Crippen LogP contribution in [0.5, 0.6) is 0 Å². The van der Waals surface area contributed by atoms with Gasteiger partial charge < -0.3 is 10.4 Å². The van der Waals surface area contributed by atoms with E-state index in [0.717, 1.165) is 16.7 Å². The molecule has 2 aromatic carbocycles. The van der Waals surface area contributed by atoms with E-state index in [2.05, 4.69) is 15.3 Å². The molecule has 1 aromatic heterocycles. The molecular formula is C19H15N3O3. The zero-order chi connectivity index (χ0) is 17.6. The molecule has 2 N–H and O–H groups in total. The highest BCUT2D eigenvalue weighted by molar-refractivity contribution is 5.92. The Labute approximate surface area is 144 Å². The van der Waals surface area contributed by atoms with Crippen molar-refractivity contribution >= 4 is 11.9 Å². The lowest BCUT2D eigenvalue weighted by molar-refractivity contribution is 0.0696. The summed E-state index contributed by atoms with van der Waals surface area (Å²) in [6.45, 7) is 0.335. The molecule has 0 unspecified atom stereocenters. The van der Waals surface area contributed by atoms with Crippen LogP contribution >= 0.6 is 0 Å². The third-order valence-electron chi connectivity index (χ3n) is 3.62. The van der Waals surface area contributed by atoms with Crippen molar-refractivity contribution in [2.75, 3.05) is 0 Å². The largest absolute Gasteiger partial charge is 0.478 e. The Hall–Kier alpha value is -3.54. The van der Waals surface area contributed by atoms with Gasteiger partial charge in [0.25, 0.3) is 5.91 Å². The topological polar surface area (TPSA) is 92.2 Å². The van der Waals surface area contributed by atoms with Crippen LogP contribution in [0.3, 0.4) is 0 Å². The first kappa shape index (κ1) is 16.3. The van der Waals surface area contributed by atoms with Gasteiger partial charge >= 0.3 is 5.97 Å². The number of aromatic nitrogens is 2. The van der Waals surface area contributed by atoms with Crippen LogP contribution in [0.25, 0.3) is 11.1 Å². The van der Waals surface area contributed by atoms with Gasteiger partial charge in [-0.3, -0.25) is 9.78 Å². The lowest BCUT2D eigenvalue weighted by Crippen LogP contribution is -2.23. The lowest BCUT2D eigenvalue weighted by atomic mass is 10.0. The molecule has 3 rings (SSSR count). The van der Waals surface area contributed by atoms with Crippen LogP contribution in [0.4, 0.5) is 0 Å². The van der Waals surface area contributed by atoms with Crippen molar-refractivity contribution < 1.29 is 14.7 Å². The number of hydrogen-bond donors (Lipinski definition) is 2. The fraction of sp³-hybridized carbons (Fsp3) is 0.0526. The van der Waals surface area contributed by atoms with E-state index in [1.807, 2.05) is 30.3 Å². The Morgan fingerprint density at radius 2 is 1.76 bits per heavy atom. The van der Waals surface area contributed by atoms with Crippen LogP contribution in [-0.2, 0) is 6.54 Å². The Morgan fingerprint density at radius 3 is 2.48 bits per heavy atom. The summed E-state index contributed by atoms with van der Waals surface area (Å²) in [7, 11) is 0. The van der Waals surface area contributed by atoms with E-state index >= 15 is 0 Å². The van der Waals surface area contributed by atoms with Crippen molar-refractivity contribution in [1.29, 1.82) is 0 Å². The van der Waals surface area contributed by atoms with Crippen molar-refractivity contribution in [2.24, 2.45) is 0 Å². The van der Waals surface area contributed by atoms with E-state index in [0.29, 0.717) is 6.54 Å². The number of amides is 1. The summed E-state index contributed by atoms with van der Waals surface area (Å²) >= 11 is 0. The number of rotatable bonds is 5. The van der Waals surface area contributed by atoms with Gasteiger partial charge in [0.05, 0.1) is 11.8 Å². The molecule has 6 heteroatoms. The van der Waals surface area contributed by atoms with Gasteiger partial charge in [0.2, 0.25) is 0 Å². The first-order chi connectivity index (χ1) is 12.1. The van der Waals surface area contributed by atoms with Gasteiger partial charge in [0.15, 0.2) is 0 Å². The molecule has 0 aliphatic heterocycles. The molecule has 0 saturated carbocycles. The number of carboxylic acids is 1. The zero-order valence-corrected chi connectivity index (χ0v) is 13.2. The van der Waals surface area contributed by atoms with Crippen molar-refractivity contribution in [2.45, 2.75) is 6.54 Å². The molecule has 0 radical (unpaired) electrons. The van der Waals surface area contributed by atoms with Crippen molar-refractivity contribution in [1.82, 2.24) is 15.3 Å². The predicted molar refractivity (Wildman–Crippen MR) is 92.0 cm³/mol. The summed E-state index contributed by atoms with van der Waals surface area (Å²) in [5.41, 5.74) is 3.08. The van der Waals surface area contributed by atoms with E-state index in [9.17, 15) is 9.59 Å². The highest BCUT2D eigenvalue weighted by Crippen LogP contribution is 2.21. The van der Waals surface area contributed by atoms with Gasteiger partial charge in [-0.2, -0.15) is 0 Å². The number of carbonyl (C=O) groups is 2. The summed E-state index contributed by atoms with van der Waals surface area (Å²) in [6, 6.07) is 14.3. The second kappa shape index (κ2) is 7.35. The molecule has 1 amide bonds. The van der Waals surface area contributed by atoms with Crippen LogP contribution in [0.2, 0.25) is 0 Å². The summed E-state index contributed by atoms with van der Waals surface area (Å²) in [5.74, 6) is -1.26. The van der Waals surface area contributed by atoms with E-state index in [4.69, 9.17) is 5.11 Å². The van der Waals surface area contributed by atoms with Gasteiger partial charge in [0.1, 0.15) is 5.69 Å². The van der Waals surface area contributed by atoms with Gasteiger partial charge in [-0.05, 0) is 34.9 Å². The molecule has 0 saturated heterocycles. The smallest absolute Gasteiger partial charge is 0.335 e. The maximum Gasteiger partial charge on any atom is 0.335 e. The standard InChI is InChI=1S/C19H15N3O3/c23-18(17-12-20-7-8-21-17)22-11-13-3-1-4-14(9-13)15-5-2-6-16(10-15)19(24)25/h1-10,12H,11H2,(H,22,23)(H,24,25). The molecule has 0 spiro atoms. The van der Waals surface area contributed by atoms with Crippen LogP contribution in [0, 0.1) is 0 Å². The van der Waals surface area contributed by atoms with Gasteiger partial charge in [0, 0.05) is 18.9 Å². The summed E-state index contributed by atoms with van der Waals surface area (Å²) in [5, 5.41) is 11.9. The Balaban J connectivity index is 1.75. The van der Waals surface area contributed by atoms with Crippen LogP contribution in [0.1, 0.15) is 26.4 Å². The van der Waals surface area contributed by atoms with E-state index in [1.165, 1.54) is 18.6 Å². The van der Waals surface area contributed by atoms with E-state index in [-0.39, 0.29) is 17.2 Å². The predicted octanol–water partition coefficient (Wildman–Crippen LogP) is 2.77. The van der Waals surface area contributed by atoms with Crippen molar-refractivity contribution in [3.63, 3.8) is 0 Å². The van der Waals surface area contributed by atoms with Crippen LogP contribution in [0.15, 0.2) is 67.1 Å². The molecule has 0 bridgehead atoms. The normalized spacial score (nSPS) is 10.2. The number of benzene rings is 2. The second-order valence-corrected chi connectivity index (χ2v) is 5.36. The molecule has 0 aliphatic carbocycles. The first-order valence-electron chi connectivity index (χ1n) is 7.60. The van der Waals surface area contributed by atoms with Gasteiger partial charge in [-0.1, -0.05) is 30.3 Å². The van der Waals surface area contributed by atoms with Gasteiger partial charge in [-0.15, -0.1) is 0 Å². The quantitative estimate of drug-likeness (QED) is 0.749. The second-order valence-electron chi connectivity index (χ2n) is 5.36.